The number of nitrogens with two attached hydrogens (primary N) is 1. The number of amides is 2. The molecule has 0 aliphatic carbocycles. The van der Waals surface area contributed by atoms with Crippen LogP contribution >= 0.6 is 0 Å². The van der Waals surface area contributed by atoms with E-state index >= 15 is 0 Å². The van der Waals surface area contributed by atoms with Gasteiger partial charge in [0.2, 0.25) is 11.8 Å². The summed E-state index contributed by atoms with van der Waals surface area (Å²) in [6, 6.07) is 37.8. The van der Waals surface area contributed by atoms with Gasteiger partial charge in [-0.25, -0.2) is 0 Å². The van der Waals surface area contributed by atoms with E-state index in [0.717, 1.165) is 16.7 Å². The summed E-state index contributed by atoms with van der Waals surface area (Å²) in [4.78, 5) is 26.6. The van der Waals surface area contributed by atoms with Crippen molar-refractivity contribution in [2.45, 2.75) is 29.2 Å². The molecule has 4 aromatic rings. The number of nitrogens with one attached hydrogen (secondary N) is 1. The van der Waals surface area contributed by atoms with Crippen molar-refractivity contribution in [3.63, 3.8) is 0 Å². The fourth-order valence-electron chi connectivity index (χ4n) is 4.66. The topological polar surface area (TPSA) is 89.3 Å². The third-order valence-corrected chi connectivity index (χ3v) is 7.91. The average Bonchev–Trinajstić information content (AvgIpc) is 2.95. The van der Waals surface area contributed by atoms with Gasteiger partial charge < -0.3 is 11.1 Å². The van der Waals surface area contributed by atoms with E-state index in [4.69, 9.17) is 5.73 Å². The van der Waals surface area contributed by atoms with Crippen molar-refractivity contribution in [2.75, 3.05) is 5.75 Å². The molecule has 0 saturated carbocycles. The lowest BCUT2D eigenvalue weighted by Gasteiger charge is -2.36. The number of benzene rings is 4. The van der Waals surface area contributed by atoms with Crippen molar-refractivity contribution in [2.24, 2.45) is 5.73 Å². The van der Waals surface area contributed by atoms with Crippen molar-refractivity contribution >= 4 is 22.6 Å². The lowest BCUT2D eigenvalue weighted by molar-refractivity contribution is -0.127. The van der Waals surface area contributed by atoms with Gasteiger partial charge in [-0.3, -0.25) is 13.8 Å². The van der Waals surface area contributed by atoms with Crippen LogP contribution in [0, 0.1) is 0 Å². The number of carbonyl (C=O) groups is 2. The standard InChI is InChI=1S/C31H30N2O3S/c32-30(35)28(21-22-37(36)27-19-11-4-12-20-27)33-29(34)23-31(24-13-5-1-6-14-24,25-15-7-2-8-16-25)26-17-9-3-10-18-26/h1-20,28H,21-23H2,(H2,32,35)(H,33,34)/t28-,37-/m1/s1. The van der Waals surface area contributed by atoms with Crippen molar-refractivity contribution in [1.82, 2.24) is 5.32 Å². The molecule has 6 heteroatoms. The molecule has 0 aromatic heterocycles. The lowest BCUT2D eigenvalue weighted by Crippen LogP contribution is -2.47. The molecule has 0 aliphatic heterocycles. The summed E-state index contributed by atoms with van der Waals surface area (Å²) in [5.74, 6) is -0.756. The van der Waals surface area contributed by atoms with Crippen LogP contribution in [0.1, 0.15) is 29.5 Å². The van der Waals surface area contributed by atoms with Gasteiger partial charge in [-0.05, 0) is 35.2 Å². The zero-order valence-corrected chi connectivity index (χ0v) is 21.3. The summed E-state index contributed by atoms with van der Waals surface area (Å²) in [6.45, 7) is 0. The van der Waals surface area contributed by atoms with Crippen molar-refractivity contribution in [3.8, 4) is 0 Å². The first kappa shape index (κ1) is 26.0. The third kappa shape index (κ3) is 6.22. The summed E-state index contributed by atoms with van der Waals surface area (Å²) < 4.78 is 12.7. The number of carbonyl (C=O) groups excluding carboxylic acids is 2. The Labute approximate surface area is 220 Å². The third-order valence-electron chi connectivity index (χ3n) is 6.50. The molecule has 0 aliphatic rings. The van der Waals surface area contributed by atoms with E-state index in [1.54, 1.807) is 12.1 Å². The minimum absolute atomic E-state index is 0.0661. The van der Waals surface area contributed by atoms with Crippen LogP contribution in [0.25, 0.3) is 0 Å². The van der Waals surface area contributed by atoms with Crippen LogP contribution in [0.3, 0.4) is 0 Å². The Morgan fingerprint density at radius 2 is 1.11 bits per heavy atom. The molecule has 4 rings (SSSR count). The van der Waals surface area contributed by atoms with Gasteiger partial charge in [-0.2, -0.15) is 0 Å². The molecule has 5 nitrogen and oxygen atoms in total. The van der Waals surface area contributed by atoms with Crippen molar-refractivity contribution < 1.29 is 13.8 Å². The summed E-state index contributed by atoms with van der Waals surface area (Å²) >= 11 is 0. The molecule has 4 aromatic carbocycles. The van der Waals surface area contributed by atoms with Crippen LogP contribution in [-0.4, -0.2) is 27.8 Å². The Morgan fingerprint density at radius 1 is 0.703 bits per heavy atom. The quantitative estimate of drug-likeness (QED) is 0.290. The molecule has 0 fully saturated rings. The van der Waals surface area contributed by atoms with E-state index in [0.29, 0.717) is 4.90 Å². The maximum atomic E-state index is 13.6. The van der Waals surface area contributed by atoms with Gasteiger partial charge in [0.05, 0.1) is 16.2 Å². The predicted octanol–water partition coefficient (Wildman–Crippen LogP) is 4.58. The highest BCUT2D eigenvalue weighted by Gasteiger charge is 2.39. The monoisotopic (exact) mass is 510 g/mol. The molecule has 0 spiro atoms. The average molecular weight is 511 g/mol. The molecular formula is C31H30N2O3S. The van der Waals surface area contributed by atoms with Gasteiger partial charge in [0.25, 0.3) is 0 Å². The van der Waals surface area contributed by atoms with E-state index in [9.17, 15) is 13.8 Å². The first-order valence-electron chi connectivity index (χ1n) is 12.2. The highest BCUT2D eigenvalue weighted by Crippen LogP contribution is 2.42. The smallest absolute Gasteiger partial charge is 0.240 e. The molecule has 188 valence electrons. The minimum Gasteiger partial charge on any atom is -0.368 e. The van der Waals surface area contributed by atoms with Crippen LogP contribution in [0.5, 0.6) is 0 Å². The summed E-state index contributed by atoms with van der Waals surface area (Å²) in [6.07, 6.45) is 0.244. The van der Waals surface area contributed by atoms with Gasteiger partial charge in [-0.1, -0.05) is 109 Å². The molecule has 2 amide bonds. The van der Waals surface area contributed by atoms with Gasteiger partial charge in [0.1, 0.15) is 6.04 Å². The van der Waals surface area contributed by atoms with Crippen molar-refractivity contribution in [3.05, 3.63) is 138 Å². The first-order valence-corrected chi connectivity index (χ1v) is 13.5. The number of hydrogen-bond acceptors (Lipinski definition) is 3. The Morgan fingerprint density at radius 3 is 1.51 bits per heavy atom. The normalized spacial score (nSPS) is 12.9. The highest BCUT2D eigenvalue weighted by molar-refractivity contribution is 7.85. The Bertz CT molecular complexity index is 1230. The fraction of sp³-hybridized carbons (Fsp3) is 0.161. The SMILES string of the molecule is NC(=O)[C@@H](CC[S@@](=O)c1ccccc1)NC(=O)CC(c1ccccc1)(c1ccccc1)c1ccccc1. The van der Waals surface area contributed by atoms with Crippen LogP contribution in [-0.2, 0) is 25.8 Å². The molecule has 0 bridgehead atoms. The number of hydrogen-bond donors (Lipinski definition) is 2. The molecule has 37 heavy (non-hydrogen) atoms. The predicted molar refractivity (Wildman–Crippen MR) is 147 cm³/mol. The van der Waals surface area contributed by atoms with E-state index in [1.807, 2.05) is 109 Å². The number of primary amides is 1. The Hall–Kier alpha value is -4.03. The van der Waals surface area contributed by atoms with Gasteiger partial charge in [-0.15, -0.1) is 0 Å². The molecule has 0 unspecified atom stereocenters. The molecule has 3 N–H and O–H groups in total. The molecular weight excluding hydrogens is 480 g/mol. The Balaban J connectivity index is 1.63. The molecule has 0 saturated heterocycles. The van der Waals surface area contributed by atoms with Crippen LogP contribution < -0.4 is 11.1 Å². The maximum absolute atomic E-state index is 13.6. The number of rotatable bonds is 11. The van der Waals surface area contributed by atoms with Crippen LogP contribution in [0.2, 0.25) is 0 Å². The molecule has 2 atom stereocenters. The molecule has 0 radical (unpaired) electrons. The van der Waals surface area contributed by atoms with Gasteiger partial charge in [0, 0.05) is 17.1 Å². The fourth-order valence-corrected chi connectivity index (χ4v) is 5.81. The lowest BCUT2D eigenvalue weighted by atomic mass is 9.67. The summed E-state index contributed by atoms with van der Waals surface area (Å²) in [5.41, 5.74) is 7.75. The second kappa shape index (κ2) is 12.3. The zero-order chi connectivity index (χ0) is 26.1. The van der Waals surface area contributed by atoms with E-state index in [1.165, 1.54) is 0 Å². The minimum atomic E-state index is -1.30. The Kier molecular flexibility index (Phi) is 8.64. The summed E-state index contributed by atoms with van der Waals surface area (Å²) in [5, 5.41) is 2.84. The molecule has 0 heterocycles. The van der Waals surface area contributed by atoms with Crippen LogP contribution in [0.4, 0.5) is 0 Å². The van der Waals surface area contributed by atoms with Crippen molar-refractivity contribution in [1.29, 1.82) is 0 Å². The van der Waals surface area contributed by atoms with Crippen LogP contribution in [0.15, 0.2) is 126 Å². The zero-order valence-electron chi connectivity index (χ0n) is 20.5. The largest absolute Gasteiger partial charge is 0.368 e. The highest BCUT2D eigenvalue weighted by atomic mass is 32.2. The van der Waals surface area contributed by atoms with Gasteiger partial charge >= 0.3 is 0 Å². The second-order valence-corrected chi connectivity index (χ2v) is 10.4. The van der Waals surface area contributed by atoms with E-state index < -0.39 is 28.2 Å². The second-order valence-electron chi connectivity index (χ2n) is 8.85. The van der Waals surface area contributed by atoms with Gasteiger partial charge in [0.15, 0.2) is 0 Å². The summed E-state index contributed by atoms with van der Waals surface area (Å²) in [7, 11) is -1.30. The first-order chi connectivity index (χ1) is 18.0. The van der Waals surface area contributed by atoms with E-state index in [-0.39, 0.29) is 24.5 Å². The van der Waals surface area contributed by atoms with E-state index in [2.05, 4.69) is 5.32 Å². The maximum Gasteiger partial charge on any atom is 0.240 e.